The van der Waals surface area contributed by atoms with Crippen molar-refractivity contribution >= 4 is 18.3 Å². The van der Waals surface area contributed by atoms with Gasteiger partial charge in [0.05, 0.1) is 6.61 Å². The molecule has 3 amide bonds. The highest BCUT2D eigenvalue weighted by molar-refractivity contribution is 5.67. The van der Waals surface area contributed by atoms with Crippen LogP contribution in [-0.2, 0) is 14.2 Å². The van der Waals surface area contributed by atoms with Crippen molar-refractivity contribution in [2.24, 2.45) is 5.73 Å². The van der Waals surface area contributed by atoms with Gasteiger partial charge in [-0.3, -0.25) is 0 Å². The molecule has 0 bridgehead atoms. The lowest BCUT2D eigenvalue weighted by Gasteiger charge is -2.17. The van der Waals surface area contributed by atoms with E-state index in [1.54, 1.807) is 0 Å². The van der Waals surface area contributed by atoms with Crippen LogP contribution in [0.15, 0.2) is 0 Å². The van der Waals surface area contributed by atoms with Gasteiger partial charge in [-0.1, -0.05) is 0 Å². The van der Waals surface area contributed by atoms with Crippen LogP contribution in [0.3, 0.4) is 0 Å². The molecule has 0 aromatic heterocycles. The number of ether oxygens (including phenoxy) is 3. The molecule has 4 N–H and O–H groups in total. The van der Waals surface area contributed by atoms with Crippen LogP contribution in [0.1, 0.15) is 19.3 Å². The normalized spacial score (nSPS) is 11.1. The molecular formula is C11H21N3O6. The number of amides is 3. The molecule has 0 aliphatic rings. The maximum Gasteiger partial charge on any atom is 0.407 e. The molecule has 116 valence electrons. The Morgan fingerprint density at radius 3 is 2.25 bits per heavy atom. The number of unbranched alkanes of at least 4 members (excludes halogenated alkanes) is 1. The molecule has 1 unspecified atom stereocenters. The topological polar surface area (TPSA) is 129 Å². The van der Waals surface area contributed by atoms with Gasteiger partial charge in [-0.2, -0.15) is 0 Å². The van der Waals surface area contributed by atoms with Gasteiger partial charge < -0.3 is 30.6 Å². The van der Waals surface area contributed by atoms with Crippen LogP contribution in [0.2, 0.25) is 0 Å². The average molecular weight is 291 g/mol. The second-order valence-electron chi connectivity index (χ2n) is 3.79. The van der Waals surface area contributed by atoms with Crippen LogP contribution >= 0.6 is 0 Å². The molecule has 0 saturated carbocycles. The third-order valence-corrected chi connectivity index (χ3v) is 2.25. The highest BCUT2D eigenvalue weighted by atomic mass is 16.6. The predicted octanol–water partition coefficient (Wildman–Crippen LogP) is 0.333. The lowest BCUT2D eigenvalue weighted by Crippen LogP contribution is -2.31. The summed E-state index contributed by atoms with van der Waals surface area (Å²) >= 11 is 0. The third kappa shape index (κ3) is 9.80. The minimum atomic E-state index is -0.828. The molecule has 0 aliphatic carbocycles. The summed E-state index contributed by atoms with van der Waals surface area (Å²) in [6.45, 7) is 0.141. The Labute approximate surface area is 117 Å². The van der Waals surface area contributed by atoms with E-state index in [0.29, 0.717) is 19.3 Å². The first-order valence-electron chi connectivity index (χ1n) is 6.14. The zero-order valence-corrected chi connectivity index (χ0v) is 11.6. The van der Waals surface area contributed by atoms with Crippen molar-refractivity contribution in [3.05, 3.63) is 0 Å². The Morgan fingerprint density at radius 1 is 1.05 bits per heavy atom. The SMILES string of the molecule is CNC(=O)OCC(CCCCOC(N)=O)OC(=O)NC. The Hall–Kier alpha value is -2.19. The van der Waals surface area contributed by atoms with E-state index in [0.717, 1.165) is 0 Å². The molecule has 20 heavy (non-hydrogen) atoms. The van der Waals surface area contributed by atoms with Gasteiger partial charge in [-0.25, -0.2) is 14.4 Å². The molecule has 1 atom stereocenters. The van der Waals surface area contributed by atoms with Gasteiger partial charge in [0.25, 0.3) is 0 Å². The van der Waals surface area contributed by atoms with Crippen LogP contribution in [0.5, 0.6) is 0 Å². The number of carbonyl (C=O) groups excluding carboxylic acids is 3. The van der Waals surface area contributed by atoms with Gasteiger partial charge in [0, 0.05) is 14.1 Å². The van der Waals surface area contributed by atoms with Gasteiger partial charge in [0.1, 0.15) is 12.7 Å². The second kappa shape index (κ2) is 10.7. The van der Waals surface area contributed by atoms with Crippen molar-refractivity contribution in [1.82, 2.24) is 10.6 Å². The molecule has 0 spiro atoms. The van der Waals surface area contributed by atoms with Crippen LogP contribution in [-0.4, -0.2) is 51.7 Å². The maximum absolute atomic E-state index is 11.1. The first-order chi connectivity index (χ1) is 9.49. The smallest absolute Gasteiger partial charge is 0.407 e. The van der Waals surface area contributed by atoms with Gasteiger partial charge >= 0.3 is 18.3 Å². The minimum absolute atomic E-state index is 0.0518. The number of nitrogens with one attached hydrogen (secondary N) is 2. The van der Waals surface area contributed by atoms with Gasteiger partial charge in [0.15, 0.2) is 0 Å². The zero-order valence-electron chi connectivity index (χ0n) is 11.6. The lowest BCUT2D eigenvalue weighted by molar-refractivity contribution is 0.0396. The summed E-state index contributed by atoms with van der Waals surface area (Å²) in [5, 5.41) is 4.60. The van der Waals surface area contributed by atoms with Crippen molar-refractivity contribution in [1.29, 1.82) is 0 Å². The zero-order chi connectivity index (χ0) is 15.4. The van der Waals surface area contributed by atoms with E-state index in [4.69, 9.17) is 15.2 Å². The van der Waals surface area contributed by atoms with Crippen molar-refractivity contribution in [3.63, 3.8) is 0 Å². The summed E-state index contributed by atoms with van der Waals surface area (Å²) in [7, 11) is 2.86. The van der Waals surface area contributed by atoms with E-state index in [1.165, 1.54) is 14.1 Å². The number of nitrogens with two attached hydrogens (primary N) is 1. The number of hydrogen-bond acceptors (Lipinski definition) is 6. The molecule has 0 aromatic carbocycles. The first-order valence-corrected chi connectivity index (χ1v) is 6.14. The first kappa shape index (κ1) is 17.8. The lowest BCUT2D eigenvalue weighted by atomic mass is 10.1. The molecule has 0 fully saturated rings. The monoisotopic (exact) mass is 291 g/mol. The molecule has 0 radical (unpaired) electrons. The van der Waals surface area contributed by atoms with Crippen molar-refractivity contribution in [3.8, 4) is 0 Å². The van der Waals surface area contributed by atoms with Crippen molar-refractivity contribution < 1.29 is 28.6 Å². The summed E-state index contributed by atoms with van der Waals surface area (Å²) < 4.78 is 14.4. The molecule has 0 heterocycles. The van der Waals surface area contributed by atoms with Gasteiger partial charge in [-0.15, -0.1) is 0 Å². The van der Waals surface area contributed by atoms with E-state index in [-0.39, 0.29) is 13.2 Å². The van der Waals surface area contributed by atoms with E-state index < -0.39 is 24.4 Å². The van der Waals surface area contributed by atoms with E-state index in [1.807, 2.05) is 0 Å². The summed E-state index contributed by atoms with van der Waals surface area (Å²) in [6, 6.07) is 0. The van der Waals surface area contributed by atoms with E-state index >= 15 is 0 Å². The highest BCUT2D eigenvalue weighted by Crippen LogP contribution is 2.07. The molecule has 0 rings (SSSR count). The second-order valence-corrected chi connectivity index (χ2v) is 3.79. The largest absolute Gasteiger partial charge is 0.450 e. The number of primary amides is 1. The van der Waals surface area contributed by atoms with Crippen LogP contribution in [0.25, 0.3) is 0 Å². The fourth-order valence-electron chi connectivity index (χ4n) is 1.27. The van der Waals surface area contributed by atoms with Crippen LogP contribution < -0.4 is 16.4 Å². The fraction of sp³-hybridized carbons (Fsp3) is 0.727. The number of rotatable bonds is 8. The van der Waals surface area contributed by atoms with Crippen LogP contribution in [0, 0.1) is 0 Å². The fourth-order valence-corrected chi connectivity index (χ4v) is 1.27. The Bertz CT molecular complexity index is 323. The van der Waals surface area contributed by atoms with E-state index in [9.17, 15) is 14.4 Å². The van der Waals surface area contributed by atoms with Crippen LogP contribution in [0.4, 0.5) is 14.4 Å². The van der Waals surface area contributed by atoms with E-state index in [2.05, 4.69) is 15.4 Å². The average Bonchev–Trinajstić information content (AvgIpc) is 2.42. The Kier molecular flexibility index (Phi) is 9.53. The molecule has 0 aromatic rings. The minimum Gasteiger partial charge on any atom is -0.450 e. The predicted molar refractivity (Wildman–Crippen MR) is 69.1 cm³/mol. The number of hydrogen-bond donors (Lipinski definition) is 3. The highest BCUT2D eigenvalue weighted by Gasteiger charge is 2.15. The van der Waals surface area contributed by atoms with Crippen molar-refractivity contribution in [2.45, 2.75) is 25.4 Å². The summed E-state index contributed by atoms with van der Waals surface area (Å²) in [4.78, 5) is 32.5. The molecule has 0 saturated heterocycles. The summed E-state index contributed by atoms with van der Waals surface area (Å²) in [6.07, 6.45) is -0.960. The quantitative estimate of drug-likeness (QED) is 0.436. The molecule has 9 nitrogen and oxygen atoms in total. The van der Waals surface area contributed by atoms with Gasteiger partial charge in [-0.05, 0) is 19.3 Å². The summed E-state index contributed by atoms with van der Waals surface area (Å²) in [5.74, 6) is 0. The standard InChI is InChI=1S/C11H21N3O6/c1-13-10(16)19-7-8(20-11(17)14-2)5-3-4-6-18-9(12)15/h8H,3-7H2,1-2H3,(H2,12,15)(H,13,16)(H,14,17). The third-order valence-electron chi connectivity index (χ3n) is 2.25. The molecule has 0 aliphatic heterocycles. The summed E-state index contributed by atoms with van der Waals surface area (Å²) in [5.41, 5.74) is 4.81. The van der Waals surface area contributed by atoms with Gasteiger partial charge in [0.2, 0.25) is 0 Å². The Balaban J connectivity index is 4.00. The molecule has 9 heteroatoms. The van der Waals surface area contributed by atoms with Crippen molar-refractivity contribution in [2.75, 3.05) is 27.3 Å². The number of alkyl carbamates (subject to hydrolysis) is 2. The Morgan fingerprint density at radius 2 is 1.70 bits per heavy atom. The maximum atomic E-state index is 11.1. The molecular weight excluding hydrogens is 270 g/mol. The number of carbonyl (C=O) groups is 3.